The van der Waals surface area contributed by atoms with Gasteiger partial charge in [0.1, 0.15) is 11.9 Å². The van der Waals surface area contributed by atoms with Crippen LogP contribution in [0.1, 0.15) is 18.7 Å². The molecule has 94 valence electrons. The second-order valence-electron chi connectivity index (χ2n) is 3.85. The van der Waals surface area contributed by atoms with Crippen LogP contribution >= 0.6 is 11.8 Å². The Bertz CT molecular complexity index is 396. The molecule has 2 heterocycles. The van der Waals surface area contributed by atoms with Crippen LogP contribution in [-0.2, 0) is 9.53 Å². The zero-order valence-corrected chi connectivity index (χ0v) is 10.3. The van der Waals surface area contributed by atoms with E-state index in [1.54, 1.807) is 0 Å². The maximum Gasteiger partial charge on any atom is 0.263 e. The number of rotatable bonds is 4. The van der Waals surface area contributed by atoms with Crippen LogP contribution in [0.3, 0.4) is 0 Å². The molecule has 0 saturated carbocycles. The van der Waals surface area contributed by atoms with Crippen molar-refractivity contribution in [2.45, 2.75) is 37.1 Å². The average Bonchev–Trinajstić information content (AvgIpc) is 2.94. The van der Waals surface area contributed by atoms with E-state index in [1.165, 1.54) is 11.8 Å². The maximum absolute atomic E-state index is 11.2. The summed E-state index contributed by atoms with van der Waals surface area (Å²) in [4.78, 5) is 15.4. The monoisotopic (exact) mass is 257 g/mol. The van der Waals surface area contributed by atoms with Crippen LogP contribution in [0.15, 0.2) is 5.16 Å². The number of hydrogen-bond donors (Lipinski definition) is 3. The summed E-state index contributed by atoms with van der Waals surface area (Å²) in [5.74, 6) is 6.33. The summed E-state index contributed by atoms with van der Waals surface area (Å²) >= 11 is 1.52. The van der Waals surface area contributed by atoms with Crippen molar-refractivity contribution >= 4 is 17.7 Å². The number of aromatic nitrogens is 3. The first kappa shape index (κ1) is 12.3. The molecule has 1 amide bonds. The van der Waals surface area contributed by atoms with Gasteiger partial charge >= 0.3 is 0 Å². The van der Waals surface area contributed by atoms with Gasteiger partial charge in [-0.3, -0.25) is 15.3 Å². The minimum atomic E-state index is -0.417. The van der Waals surface area contributed by atoms with Crippen molar-refractivity contribution in [3.63, 3.8) is 0 Å². The Morgan fingerprint density at radius 3 is 3.18 bits per heavy atom. The second kappa shape index (κ2) is 5.48. The largest absolute Gasteiger partial charge is 0.364 e. The SMILES string of the molecule is Cc1nc(SCC2CCC(C(=O)NN)O2)n[nH]1. The molecule has 0 radical (unpaired) electrons. The summed E-state index contributed by atoms with van der Waals surface area (Å²) < 4.78 is 5.56. The van der Waals surface area contributed by atoms with Crippen LogP contribution in [0.2, 0.25) is 0 Å². The molecule has 0 bridgehead atoms. The molecule has 1 aliphatic heterocycles. The molecule has 17 heavy (non-hydrogen) atoms. The highest BCUT2D eigenvalue weighted by atomic mass is 32.2. The molecule has 1 aliphatic rings. The zero-order valence-electron chi connectivity index (χ0n) is 9.47. The third-order valence-corrected chi connectivity index (χ3v) is 3.50. The predicted octanol–water partition coefficient (Wildman–Crippen LogP) is -0.257. The van der Waals surface area contributed by atoms with Crippen LogP contribution < -0.4 is 11.3 Å². The topological polar surface area (TPSA) is 106 Å². The molecule has 8 heteroatoms. The Hall–Kier alpha value is -1.12. The lowest BCUT2D eigenvalue weighted by Crippen LogP contribution is -2.39. The molecule has 1 saturated heterocycles. The van der Waals surface area contributed by atoms with Gasteiger partial charge in [-0.05, 0) is 19.8 Å². The number of thioether (sulfide) groups is 1. The number of amides is 1. The minimum Gasteiger partial charge on any atom is -0.364 e. The van der Waals surface area contributed by atoms with Gasteiger partial charge in [0.05, 0.1) is 6.10 Å². The van der Waals surface area contributed by atoms with Crippen LogP contribution in [0.5, 0.6) is 0 Å². The first-order valence-corrected chi connectivity index (χ1v) is 6.35. The quantitative estimate of drug-likeness (QED) is 0.297. The van der Waals surface area contributed by atoms with Gasteiger partial charge < -0.3 is 4.74 Å². The molecule has 0 aliphatic carbocycles. The first-order valence-electron chi connectivity index (χ1n) is 5.36. The van der Waals surface area contributed by atoms with Crippen LogP contribution in [-0.4, -0.2) is 39.0 Å². The van der Waals surface area contributed by atoms with Gasteiger partial charge in [-0.1, -0.05) is 11.8 Å². The van der Waals surface area contributed by atoms with Gasteiger partial charge in [0.2, 0.25) is 5.16 Å². The number of ether oxygens (including phenoxy) is 1. The summed E-state index contributed by atoms with van der Waals surface area (Å²) in [7, 11) is 0. The van der Waals surface area contributed by atoms with E-state index in [4.69, 9.17) is 10.6 Å². The van der Waals surface area contributed by atoms with Gasteiger partial charge in [0, 0.05) is 5.75 Å². The van der Waals surface area contributed by atoms with Crippen molar-refractivity contribution in [1.29, 1.82) is 0 Å². The maximum atomic E-state index is 11.2. The lowest BCUT2D eigenvalue weighted by molar-refractivity contribution is -0.131. The molecular weight excluding hydrogens is 242 g/mol. The average molecular weight is 257 g/mol. The molecule has 4 N–H and O–H groups in total. The van der Waals surface area contributed by atoms with E-state index in [0.29, 0.717) is 11.6 Å². The lowest BCUT2D eigenvalue weighted by atomic mass is 10.2. The summed E-state index contributed by atoms with van der Waals surface area (Å²) in [5.41, 5.74) is 2.10. The molecule has 1 aromatic rings. The first-order chi connectivity index (χ1) is 8.19. The molecular formula is C9H15N5O2S. The number of nitrogens with one attached hydrogen (secondary N) is 2. The summed E-state index contributed by atoms with van der Waals surface area (Å²) in [6.45, 7) is 1.85. The van der Waals surface area contributed by atoms with Crippen LogP contribution in [0, 0.1) is 6.92 Å². The summed E-state index contributed by atoms with van der Waals surface area (Å²) in [5, 5.41) is 7.50. The highest BCUT2D eigenvalue weighted by molar-refractivity contribution is 7.99. The fraction of sp³-hybridized carbons (Fsp3) is 0.667. The highest BCUT2D eigenvalue weighted by Crippen LogP contribution is 2.25. The highest BCUT2D eigenvalue weighted by Gasteiger charge is 2.30. The smallest absolute Gasteiger partial charge is 0.263 e. The van der Waals surface area contributed by atoms with E-state index >= 15 is 0 Å². The molecule has 1 aromatic heterocycles. The molecule has 2 unspecified atom stereocenters. The lowest BCUT2D eigenvalue weighted by Gasteiger charge is -2.11. The van der Waals surface area contributed by atoms with Crippen molar-refractivity contribution in [3.05, 3.63) is 5.82 Å². The fourth-order valence-corrected chi connectivity index (χ4v) is 2.56. The van der Waals surface area contributed by atoms with E-state index in [-0.39, 0.29) is 12.0 Å². The molecule has 1 fully saturated rings. The van der Waals surface area contributed by atoms with E-state index < -0.39 is 6.10 Å². The second-order valence-corrected chi connectivity index (χ2v) is 4.83. The predicted molar refractivity (Wildman–Crippen MR) is 62.1 cm³/mol. The molecule has 7 nitrogen and oxygen atoms in total. The van der Waals surface area contributed by atoms with Crippen molar-refractivity contribution in [3.8, 4) is 0 Å². The van der Waals surface area contributed by atoms with E-state index in [2.05, 4.69) is 20.6 Å². The van der Waals surface area contributed by atoms with Crippen molar-refractivity contribution in [2.75, 3.05) is 5.75 Å². The van der Waals surface area contributed by atoms with Gasteiger partial charge in [-0.25, -0.2) is 10.8 Å². The van der Waals surface area contributed by atoms with Gasteiger partial charge in [0.25, 0.3) is 5.91 Å². The van der Waals surface area contributed by atoms with E-state index in [9.17, 15) is 4.79 Å². The summed E-state index contributed by atoms with van der Waals surface area (Å²) in [6, 6.07) is 0. The summed E-state index contributed by atoms with van der Waals surface area (Å²) in [6.07, 6.45) is 1.20. The number of nitrogens with zero attached hydrogens (tertiary/aromatic N) is 2. The Morgan fingerprint density at radius 2 is 2.53 bits per heavy atom. The molecule has 2 rings (SSSR count). The normalized spacial score (nSPS) is 23.9. The Kier molecular flexibility index (Phi) is 3.97. The van der Waals surface area contributed by atoms with Crippen molar-refractivity contribution in [1.82, 2.24) is 20.6 Å². The number of hydrazine groups is 1. The molecule has 0 spiro atoms. The third kappa shape index (κ3) is 3.18. The Labute approximate surface area is 103 Å². The minimum absolute atomic E-state index is 0.0566. The standard InChI is InChI=1S/C9H15N5O2S/c1-5-11-9(14-13-5)17-4-6-2-3-7(16-6)8(15)12-10/h6-7H,2-4,10H2,1H3,(H,12,15)(H,11,13,14). The van der Waals surface area contributed by atoms with Crippen molar-refractivity contribution in [2.24, 2.45) is 5.84 Å². The van der Waals surface area contributed by atoms with E-state index in [1.807, 2.05) is 6.92 Å². The van der Waals surface area contributed by atoms with Crippen LogP contribution in [0.25, 0.3) is 0 Å². The van der Waals surface area contributed by atoms with Gasteiger partial charge in [-0.2, -0.15) is 0 Å². The fourth-order valence-electron chi connectivity index (χ4n) is 1.67. The number of H-pyrrole nitrogens is 1. The molecule has 0 aromatic carbocycles. The van der Waals surface area contributed by atoms with Gasteiger partial charge in [-0.15, -0.1) is 5.10 Å². The Morgan fingerprint density at radius 1 is 1.71 bits per heavy atom. The molecule has 2 atom stereocenters. The Balaban J connectivity index is 1.76. The number of aryl methyl sites for hydroxylation is 1. The van der Waals surface area contributed by atoms with Crippen LogP contribution in [0.4, 0.5) is 0 Å². The number of carbonyl (C=O) groups is 1. The number of aromatic amines is 1. The van der Waals surface area contributed by atoms with E-state index in [0.717, 1.165) is 18.0 Å². The van der Waals surface area contributed by atoms with Crippen molar-refractivity contribution < 1.29 is 9.53 Å². The zero-order chi connectivity index (χ0) is 12.3. The van der Waals surface area contributed by atoms with Gasteiger partial charge in [0.15, 0.2) is 0 Å². The third-order valence-electron chi connectivity index (χ3n) is 2.52. The number of carbonyl (C=O) groups excluding carboxylic acids is 1. The number of hydrogen-bond acceptors (Lipinski definition) is 6. The number of nitrogens with two attached hydrogens (primary N) is 1.